The van der Waals surface area contributed by atoms with Crippen LogP contribution in [0.2, 0.25) is 0 Å². The van der Waals surface area contributed by atoms with E-state index in [1.54, 1.807) is 4.90 Å². The molecule has 0 saturated carbocycles. The van der Waals surface area contributed by atoms with E-state index < -0.39 is 6.10 Å². The van der Waals surface area contributed by atoms with Crippen LogP contribution >= 0.6 is 0 Å². The van der Waals surface area contributed by atoms with Crippen molar-refractivity contribution in [2.75, 3.05) is 19.9 Å². The molecule has 132 valence electrons. The Balaban J connectivity index is 1.38. The number of hydrogen-bond acceptors (Lipinski definition) is 5. The summed E-state index contributed by atoms with van der Waals surface area (Å²) in [5.41, 5.74) is 2.81. The number of aryl methyl sites for hydroxylation is 1. The third-order valence-corrected chi connectivity index (χ3v) is 4.78. The van der Waals surface area contributed by atoms with Gasteiger partial charge >= 0.3 is 0 Å². The molecule has 2 aliphatic rings. The fourth-order valence-electron chi connectivity index (χ4n) is 3.44. The smallest absolute Gasteiger partial charge is 0.231 e. The lowest BCUT2D eigenvalue weighted by atomic mass is 10.0. The van der Waals surface area contributed by atoms with Crippen LogP contribution < -0.4 is 9.47 Å². The third-order valence-electron chi connectivity index (χ3n) is 4.78. The maximum atomic E-state index is 12.6. The molecule has 4 rings (SSSR count). The molecule has 2 N–H and O–H groups in total. The van der Waals surface area contributed by atoms with Gasteiger partial charge in [-0.3, -0.25) is 9.89 Å². The zero-order chi connectivity index (χ0) is 17.4. The van der Waals surface area contributed by atoms with Crippen LogP contribution in [-0.2, 0) is 17.6 Å². The number of likely N-dealkylation sites (tertiary alicyclic amines) is 1. The molecule has 2 aliphatic heterocycles. The van der Waals surface area contributed by atoms with Gasteiger partial charge in [0.25, 0.3) is 0 Å². The van der Waals surface area contributed by atoms with Gasteiger partial charge in [-0.1, -0.05) is 6.07 Å². The van der Waals surface area contributed by atoms with Crippen molar-refractivity contribution in [1.29, 1.82) is 0 Å². The fraction of sp³-hybridized carbons (Fsp3) is 0.444. The summed E-state index contributed by atoms with van der Waals surface area (Å²) >= 11 is 0. The number of β-amino-alcohol motifs (C(OH)–C–C–N with tert-alkyl or cyclic N) is 1. The molecule has 2 atom stereocenters. The minimum absolute atomic E-state index is 0.0126. The molecule has 0 radical (unpaired) electrons. The number of H-pyrrole nitrogens is 1. The molecular weight excluding hydrogens is 322 g/mol. The Morgan fingerprint density at radius 1 is 1.32 bits per heavy atom. The van der Waals surface area contributed by atoms with Crippen LogP contribution in [-0.4, -0.2) is 52.1 Å². The molecule has 1 fully saturated rings. The first-order chi connectivity index (χ1) is 12.1. The van der Waals surface area contributed by atoms with Gasteiger partial charge in [0.15, 0.2) is 11.5 Å². The van der Waals surface area contributed by atoms with E-state index in [2.05, 4.69) is 10.2 Å². The average Bonchev–Trinajstić information content (AvgIpc) is 3.29. The van der Waals surface area contributed by atoms with Crippen molar-refractivity contribution in [3.8, 4) is 11.5 Å². The average molecular weight is 343 g/mol. The van der Waals surface area contributed by atoms with Crippen LogP contribution in [0.5, 0.6) is 11.5 Å². The number of aliphatic hydroxyl groups excluding tert-OH is 1. The van der Waals surface area contributed by atoms with Gasteiger partial charge in [-0.05, 0) is 37.1 Å². The van der Waals surface area contributed by atoms with Crippen LogP contribution in [0.4, 0.5) is 0 Å². The van der Waals surface area contributed by atoms with E-state index in [-0.39, 0.29) is 25.0 Å². The van der Waals surface area contributed by atoms with Crippen molar-refractivity contribution in [2.45, 2.75) is 25.9 Å². The summed E-state index contributed by atoms with van der Waals surface area (Å²) < 4.78 is 10.6. The highest BCUT2D eigenvalue weighted by molar-refractivity contribution is 5.79. The van der Waals surface area contributed by atoms with Gasteiger partial charge < -0.3 is 19.5 Å². The number of amides is 1. The third kappa shape index (κ3) is 3.32. The summed E-state index contributed by atoms with van der Waals surface area (Å²) in [4.78, 5) is 14.3. The Labute approximate surface area is 145 Å². The number of fused-ring (bicyclic) bond motifs is 1. The molecule has 1 saturated heterocycles. The highest BCUT2D eigenvalue weighted by atomic mass is 16.7. The fourth-order valence-corrected chi connectivity index (χ4v) is 3.44. The van der Waals surface area contributed by atoms with Gasteiger partial charge in [0.1, 0.15) is 0 Å². The molecule has 0 spiro atoms. The lowest BCUT2D eigenvalue weighted by molar-refractivity contribution is -0.129. The molecule has 1 aromatic heterocycles. The van der Waals surface area contributed by atoms with E-state index in [0.717, 1.165) is 17.0 Å². The number of carbonyl (C=O) groups excluding carboxylic acids is 1. The predicted molar refractivity (Wildman–Crippen MR) is 89.4 cm³/mol. The van der Waals surface area contributed by atoms with E-state index in [9.17, 15) is 9.90 Å². The number of aromatic nitrogens is 2. The first kappa shape index (κ1) is 16.0. The predicted octanol–water partition coefficient (Wildman–Crippen LogP) is 1.05. The van der Waals surface area contributed by atoms with Gasteiger partial charge in [0.2, 0.25) is 12.7 Å². The van der Waals surface area contributed by atoms with Crippen LogP contribution in [0.3, 0.4) is 0 Å². The van der Waals surface area contributed by atoms with Crippen LogP contribution in [0.15, 0.2) is 24.3 Å². The molecule has 7 heteroatoms. The first-order valence-corrected chi connectivity index (χ1v) is 8.44. The monoisotopic (exact) mass is 343 g/mol. The van der Waals surface area contributed by atoms with E-state index in [1.807, 2.05) is 31.2 Å². The Hall–Kier alpha value is -2.54. The van der Waals surface area contributed by atoms with Gasteiger partial charge in [-0.15, -0.1) is 0 Å². The lowest BCUT2D eigenvalue weighted by Crippen LogP contribution is -2.31. The summed E-state index contributed by atoms with van der Waals surface area (Å²) in [5, 5.41) is 17.4. The second-order valence-electron chi connectivity index (χ2n) is 6.74. The van der Waals surface area contributed by atoms with Gasteiger partial charge in [0.05, 0.1) is 18.2 Å². The second-order valence-corrected chi connectivity index (χ2v) is 6.74. The SMILES string of the molecule is Cc1cc(C[C@@H]2CN(C(=O)Cc3ccc4c(c3)OCO4)C[C@H]2O)n[nH]1. The van der Waals surface area contributed by atoms with Gasteiger partial charge in [-0.25, -0.2) is 0 Å². The summed E-state index contributed by atoms with van der Waals surface area (Å²) in [7, 11) is 0. The highest BCUT2D eigenvalue weighted by Crippen LogP contribution is 2.33. The summed E-state index contributed by atoms with van der Waals surface area (Å²) in [6, 6.07) is 7.52. The van der Waals surface area contributed by atoms with Crippen LogP contribution in [0.25, 0.3) is 0 Å². The minimum atomic E-state index is -0.516. The number of rotatable bonds is 4. The van der Waals surface area contributed by atoms with Gasteiger partial charge in [-0.2, -0.15) is 5.10 Å². The maximum Gasteiger partial charge on any atom is 0.231 e. The number of aliphatic hydroxyl groups is 1. The number of hydrogen-bond donors (Lipinski definition) is 2. The van der Waals surface area contributed by atoms with Crippen molar-refractivity contribution >= 4 is 5.91 Å². The quantitative estimate of drug-likeness (QED) is 0.866. The number of carbonyl (C=O) groups is 1. The topological polar surface area (TPSA) is 87.7 Å². The molecule has 25 heavy (non-hydrogen) atoms. The number of nitrogens with one attached hydrogen (secondary N) is 1. The zero-order valence-electron chi connectivity index (χ0n) is 14.1. The zero-order valence-corrected chi connectivity index (χ0v) is 14.1. The lowest BCUT2D eigenvalue weighted by Gasteiger charge is -2.16. The van der Waals surface area contributed by atoms with E-state index in [0.29, 0.717) is 31.0 Å². The first-order valence-electron chi connectivity index (χ1n) is 8.44. The minimum Gasteiger partial charge on any atom is -0.454 e. The molecule has 0 bridgehead atoms. The Bertz CT molecular complexity index is 788. The standard InChI is InChI=1S/C18H21N3O4/c1-11-4-14(20-19-11)7-13-8-21(9-15(13)22)18(23)6-12-2-3-16-17(5-12)25-10-24-16/h2-5,13,15,22H,6-10H2,1H3,(H,19,20)/t13-,15-/m1/s1. The normalized spacial score (nSPS) is 21.8. The molecule has 1 aromatic carbocycles. The van der Waals surface area contributed by atoms with E-state index in [4.69, 9.17) is 9.47 Å². The number of aromatic amines is 1. The summed E-state index contributed by atoms with van der Waals surface area (Å²) in [6.45, 7) is 3.09. The Morgan fingerprint density at radius 3 is 2.96 bits per heavy atom. The van der Waals surface area contributed by atoms with Crippen molar-refractivity contribution in [1.82, 2.24) is 15.1 Å². The molecule has 0 aliphatic carbocycles. The maximum absolute atomic E-state index is 12.6. The molecule has 3 heterocycles. The largest absolute Gasteiger partial charge is 0.454 e. The van der Waals surface area contributed by atoms with Crippen LogP contribution in [0, 0.1) is 12.8 Å². The van der Waals surface area contributed by atoms with E-state index >= 15 is 0 Å². The second kappa shape index (κ2) is 6.40. The summed E-state index contributed by atoms with van der Waals surface area (Å²) in [6.07, 6.45) is 0.439. The number of benzene rings is 1. The van der Waals surface area contributed by atoms with Crippen molar-refractivity contribution in [3.05, 3.63) is 41.2 Å². The number of nitrogens with zero attached hydrogens (tertiary/aromatic N) is 2. The highest BCUT2D eigenvalue weighted by Gasteiger charge is 2.34. The van der Waals surface area contributed by atoms with Crippen molar-refractivity contribution in [3.63, 3.8) is 0 Å². The van der Waals surface area contributed by atoms with Crippen molar-refractivity contribution < 1.29 is 19.4 Å². The van der Waals surface area contributed by atoms with Crippen LogP contribution in [0.1, 0.15) is 17.0 Å². The molecule has 1 amide bonds. The van der Waals surface area contributed by atoms with Crippen molar-refractivity contribution in [2.24, 2.45) is 5.92 Å². The summed E-state index contributed by atoms with van der Waals surface area (Å²) in [5.74, 6) is 1.42. The molecule has 7 nitrogen and oxygen atoms in total. The van der Waals surface area contributed by atoms with E-state index in [1.165, 1.54) is 0 Å². The molecule has 0 unspecified atom stereocenters. The Morgan fingerprint density at radius 2 is 2.16 bits per heavy atom. The molecule has 2 aromatic rings. The number of ether oxygens (including phenoxy) is 2. The Kier molecular flexibility index (Phi) is 4.09. The molecular formula is C18H21N3O4. The van der Waals surface area contributed by atoms with Gasteiger partial charge in [0, 0.05) is 24.7 Å².